The lowest BCUT2D eigenvalue weighted by Crippen LogP contribution is -2.54. The molecule has 0 spiro atoms. The van der Waals surface area contributed by atoms with Crippen molar-refractivity contribution in [2.24, 2.45) is 0 Å². The lowest BCUT2D eigenvalue weighted by atomic mass is 9.95. The Labute approximate surface area is 68.7 Å². The fourth-order valence-corrected chi connectivity index (χ4v) is 0.634. The summed E-state index contributed by atoms with van der Waals surface area (Å²) in [6, 6.07) is 0. The smallest absolute Gasteiger partial charge is 0.171 e. The van der Waals surface area contributed by atoms with Crippen molar-refractivity contribution in [2.75, 3.05) is 13.2 Å². The Hall–Kier alpha value is -0.530. The molecule has 6 heteroatoms. The van der Waals surface area contributed by atoms with Gasteiger partial charge in [0.05, 0.1) is 13.2 Å². The van der Waals surface area contributed by atoms with Crippen molar-refractivity contribution in [2.45, 2.75) is 17.8 Å². The van der Waals surface area contributed by atoms with Gasteiger partial charge in [0.15, 0.2) is 11.9 Å². The molecular formula is C6H12O6. The van der Waals surface area contributed by atoms with Crippen molar-refractivity contribution in [3.05, 3.63) is 0 Å². The van der Waals surface area contributed by atoms with Gasteiger partial charge in [-0.15, -0.1) is 0 Å². The molecule has 0 aliphatic carbocycles. The molecule has 72 valence electrons. The average Bonchev–Trinajstić information content (AvgIpc) is 2.14. The SMILES string of the molecule is O=CC(O)(CO)[C@H](O)[C@H](O)CO. The minimum Gasteiger partial charge on any atom is -0.394 e. The third kappa shape index (κ3) is 2.23. The predicted octanol–water partition coefficient (Wildman–Crippen LogP) is -3.38. The van der Waals surface area contributed by atoms with E-state index in [1.807, 2.05) is 0 Å². The molecule has 0 rings (SSSR count). The first-order valence-corrected chi connectivity index (χ1v) is 3.28. The molecule has 0 bridgehead atoms. The minimum atomic E-state index is -2.41. The molecule has 0 saturated carbocycles. The first kappa shape index (κ1) is 11.5. The number of carbonyl (C=O) groups excluding carboxylic acids is 1. The van der Waals surface area contributed by atoms with E-state index in [1.165, 1.54) is 0 Å². The Morgan fingerprint density at radius 2 is 1.83 bits per heavy atom. The van der Waals surface area contributed by atoms with E-state index in [9.17, 15) is 4.79 Å². The molecule has 12 heavy (non-hydrogen) atoms. The number of hydrogen-bond acceptors (Lipinski definition) is 6. The summed E-state index contributed by atoms with van der Waals surface area (Å²) < 4.78 is 0. The fraction of sp³-hybridized carbons (Fsp3) is 0.833. The van der Waals surface area contributed by atoms with Crippen molar-refractivity contribution in [3.8, 4) is 0 Å². The average molecular weight is 180 g/mol. The van der Waals surface area contributed by atoms with Crippen LogP contribution in [0.1, 0.15) is 0 Å². The standard InChI is InChI=1S/C6H12O6/c7-1-4(10)5(11)6(12,2-8)3-9/h2,4-5,7,9-12H,1,3H2/t4-,5-,6?/m1/s1. The molecule has 0 heterocycles. The van der Waals surface area contributed by atoms with Crippen LogP contribution in [0.15, 0.2) is 0 Å². The van der Waals surface area contributed by atoms with E-state index in [2.05, 4.69) is 0 Å². The van der Waals surface area contributed by atoms with Gasteiger partial charge < -0.3 is 25.5 Å². The van der Waals surface area contributed by atoms with Crippen molar-refractivity contribution in [1.29, 1.82) is 0 Å². The summed E-state index contributed by atoms with van der Waals surface area (Å²) in [6.07, 6.45) is -3.64. The van der Waals surface area contributed by atoms with Crippen molar-refractivity contribution >= 4 is 6.29 Å². The van der Waals surface area contributed by atoms with Gasteiger partial charge in [-0.3, -0.25) is 4.79 Å². The Morgan fingerprint density at radius 3 is 2.08 bits per heavy atom. The van der Waals surface area contributed by atoms with E-state index in [0.717, 1.165) is 0 Å². The number of carbonyl (C=O) groups is 1. The molecule has 6 nitrogen and oxygen atoms in total. The Kier molecular flexibility index (Phi) is 4.29. The van der Waals surface area contributed by atoms with E-state index in [0.29, 0.717) is 0 Å². The van der Waals surface area contributed by atoms with Gasteiger partial charge in [0.25, 0.3) is 0 Å². The molecule has 0 aromatic heterocycles. The zero-order chi connectivity index (χ0) is 9.78. The molecule has 0 saturated heterocycles. The molecule has 0 aromatic carbocycles. The number of aliphatic hydroxyl groups is 5. The molecule has 5 N–H and O–H groups in total. The lowest BCUT2D eigenvalue weighted by Gasteiger charge is -2.27. The van der Waals surface area contributed by atoms with Gasteiger partial charge in [-0.05, 0) is 0 Å². The Morgan fingerprint density at radius 1 is 1.33 bits per heavy atom. The van der Waals surface area contributed by atoms with E-state index in [1.54, 1.807) is 0 Å². The third-order valence-electron chi connectivity index (χ3n) is 1.52. The van der Waals surface area contributed by atoms with Crippen LogP contribution in [-0.2, 0) is 4.79 Å². The highest BCUT2D eigenvalue weighted by molar-refractivity contribution is 5.63. The van der Waals surface area contributed by atoms with Crippen LogP contribution >= 0.6 is 0 Å². The first-order valence-electron chi connectivity index (χ1n) is 3.28. The van der Waals surface area contributed by atoms with Gasteiger partial charge in [0.2, 0.25) is 0 Å². The van der Waals surface area contributed by atoms with Crippen LogP contribution in [-0.4, -0.2) is 62.8 Å². The first-order chi connectivity index (χ1) is 5.51. The van der Waals surface area contributed by atoms with E-state index >= 15 is 0 Å². The highest BCUT2D eigenvalue weighted by atomic mass is 16.4. The van der Waals surface area contributed by atoms with Crippen LogP contribution < -0.4 is 0 Å². The van der Waals surface area contributed by atoms with Crippen LogP contribution in [0, 0.1) is 0 Å². The molecule has 1 unspecified atom stereocenters. The third-order valence-corrected chi connectivity index (χ3v) is 1.52. The van der Waals surface area contributed by atoms with Gasteiger partial charge in [0.1, 0.15) is 12.2 Å². The van der Waals surface area contributed by atoms with Crippen LogP contribution in [0.3, 0.4) is 0 Å². The summed E-state index contributed by atoms with van der Waals surface area (Å²) in [5.74, 6) is 0. The van der Waals surface area contributed by atoms with Gasteiger partial charge in [-0.25, -0.2) is 0 Å². The predicted molar refractivity (Wildman–Crippen MR) is 37.2 cm³/mol. The number of aliphatic hydroxyl groups excluding tert-OH is 4. The maximum atomic E-state index is 10.2. The zero-order valence-corrected chi connectivity index (χ0v) is 6.29. The topological polar surface area (TPSA) is 118 Å². The summed E-state index contributed by atoms with van der Waals surface area (Å²) in [6.45, 7) is -1.83. The van der Waals surface area contributed by atoms with Crippen LogP contribution in [0.25, 0.3) is 0 Å². The monoisotopic (exact) mass is 180 g/mol. The van der Waals surface area contributed by atoms with Gasteiger partial charge >= 0.3 is 0 Å². The summed E-state index contributed by atoms with van der Waals surface area (Å²) in [4.78, 5) is 10.2. The van der Waals surface area contributed by atoms with Crippen molar-refractivity contribution in [3.63, 3.8) is 0 Å². The minimum absolute atomic E-state index is 0.0868. The van der Waals surface area contributed by atoms with Crippen molar-refractivity contribution < 1.29 is 30.3 Å². The molecule has 0 aliphatic heterocycles. The maximum absolute atomic E-state index is 10.2. The van der Waals surface area contributed by atoms with E-state index in [-0.39, 0.29) is 6.29 Å². The second-order valence-electron chi connectivity index (χ2n) is 2.46. The summed E-state index contributed by atoms with van der Waals surface area (Å²) in [5.41, 5.74) is -2.41. The summed E-state index contributed by atoms with van der Waals surface area (Å²) in [5, 5.41) is 43.6. The number of aldehydes is 1. The fourth-order valence-electron chi connectivity index (χ4n) is 0.634. The second-order valence-corrected chi connectivity index (χ2v) is 2.46. The van der Waals surface area contributed by atoms with Gasteiger partial charge in [0, 0.05) is 0 Å². The number of rotatable bonds is 5. The van der Waals surface area contributed by atoms with Crippen LogP contribution in [0.5, 0.6) is 0 Å². The van der Waals surface area contributed by atoms with Crippen molar-refractivity contribution in [1.82, 2.24) is 0 Å². The summed E-state index contributed by atoms with van der Waals surface area (Å²) in [7, 11) is 0. The second kappa shape index (κ2) is 4.48. The maximum Gasteiger partial charge on any atom is 0.171 e. The highest BCUT2D eigenvalue weighted by Gasteiger charge is 2.39. The largest absolute Gasteiger partial charge is 0.394 e. The molecule has 0 aliphatic rings. The number of hydrogen-bond donors (Lipinski definition) is 5. The molecule has 0 radical (unpaired) electrons. The molecule has 0 aromatic rings. The Balaban J connectivity index is 4.40. The van der Waals surface area contributed by atoms with E-state index in [4.69, 9.17) is 25.5 Å². The van der Waals surface area contributed by atoms with Crippen LogP contribution in [0.2, 0.25) is 0 Å². The molecule has 0 amide bonds. The summed E-state index contributed by atoms with van der Waals surface area (Å²) >= 11 is 0. The highest BCUT2D eigenvalue weighted by Crippen LogP contribution is 2.10. The van der Waals surface area contributed by atoms with Crippen LogP contribution in [0.4, 0.5) is 0 Å². The molecule has 0 fully saturated rings. The molecular weight excluding hydrogens is 168 g/mol. The quantitative estimate of drug-likeness (QED) is 0.282. The van der Waals surface area contributed by atoms with E-state index < -0.39 is 31.0 Å². The zero-order valence-electron chi connectivity index (χ0n) is 6.29. The van der Waals surface area contributed by atoms with Gasteiger partial charge in [-0.2, -0.15) is 0 Å². The lowest BCUT2D eigenvalue weighted by molar-refractivity contribution is -0.162. The molecule has 3 atom stereocenters. The normalized spacial score (nSPS) is 21.1. The van der Waals surface area contributed by atoms with Gasteiger partial charge in [-0.1, -0.05) is 0 Å². The Bertz CT molecular complexity index is 149.